The van der Waals surface area contributed by atoms with Crippen molar-refractivity contribution in [1.82, 2.24) is 5.32 Å². The maximum absolute atomic E-state index is 11.9. The minimum atomic E-state index is -0.375. The SMILES string of the molecule is O=C(NC1CCCCC1)Oc1ccc(OCc2ccccc2)cc1. The van der Waals surface area contributed by atoms with Gasteiger partial charge < -0.3 is 14.8 Å². The highest BCUT2D eigenvalue weighted by atomic mass is 16.6. The number of carbonyl (C=O) groups excluding carboxylic acids is 1. The maximum atomic E-state index is 11.9. The zero-order valence-electron chi connectivity index (χ0n) is 13.7. The van der Waals surface area contributed by atoms with E-state index in [-0.39, 0.29) is 12.1 Å². The van der Waals surface area contributed by atoms with Gasteiger partial charge in [-0.1, -0.05) is 49.6 Å². The van der Waals surface area contributed by atoms with Gasteiger partial charge in [0.05, 0.1) is 0 Å². The first-order valence-corrected chi connectivity index (χ1v) is 8.55. The van der Waals surface area contributed by atoms with Crippen molar-refractivity contribution < 1.29 is 14.3 Å². The molecule has 3 rings (SSSR count). The van der Waals surface area contributed by atoms with Crippen molar-refractivity contribution in [2.75, 3.05) is 0 Å². The van der Waals surface area contributed by atoms with Gasteiger partial charge in [-0.3, -0.25) is 0 Å². The first-order valence-electron chi connectivity index (χ1n) is 8.55. The number of amides is 1. The molecule has 4 nitrogen and oxygen atoms in total. The molecule has 2 aromatic rings. The number of benzene rings is 2. The van der Waals surface area contributed by atoms with Gasteiger partial charge in [0.25, 0.3) is 0 Å². The standard InChI is InChI=1S/C20H23NO3/c22-20(21-17-9-5-2-6-10-17)24-19-13-11-18(12-14-19)23-15-16-7-3-1-4-8-16/h1,3-4,7-8,11-14,17H,2,5-6,9-10,15H2,(H,21,22). The largest absolute Gasteiger partial charge is 0.489 e. The van der Waals surface area contributed by atoms with E-state index in [1.54, 1.807) is 12.1 Å². The van der Waals surface area contributed by atoms with Gasteiger partial charge in [0.15, 0.2) is 0 Å². The Balaban J connectivity index is 1.46. The lowest BCUT2D eigenvalue weighted by molar-refractivity contribution is 0.192. The normalized spacial score (nSPS) is 14.8. The van der Waals surface area contributed by atoms with E-state index in [9.17, 15) is 4.79 Å². The van der Waals surface area contributed by atoms with Gasteiger partial charge in [0.1, 0.15) is 18.1 Å². The Morgan fingerprint density at radius 3 is 2.29 bits per heavy atom. The molecule has 0 aromatic heterocycles. The molecule has 0 saturated heterocycles. The number of nitrogens with one attached hydrogen (secondary N) is 1. The van der Waals surface area contributed by atoms with Crippen LogP contribution in [0.4, 0.5) is 4.79 Å². The van der Waals surface area contributed by atoms with Gasteiger partial charge in [-0.2, -0.15) is 0 Å². The predicted molar refractivity (Wildman–Crippen MR) is 93.2 cm³/mol. The van der Waals surface area contributed by atoms with Crippen molar-refractivity contribution in [1.29, 1.82) is 0 Å². The van der Waals surface area contributed by atoms with E-state index in [4.69, 9.17) is 9.47 Å². The average Bonchev–Trinajstić information content (AvgIpc) is 2.63. The minimum absolute atomic E-state index is 0.250. The van der Waals surface area contributed by atoms with E-state index in [2.05, 4.69) is 5.32 Å². The van der Waals surface area contributed by atoms with Crippen molar-refractivity contribution >= 4 is 6.09 Å². The van der Waals surface area contributed by atoms with Crippen LogP contribution in [0.25, 0.3) is 0 Å². The molecular formula is C20H23NO3. The van der Waals surface area contributed by atoms with Crippen LogP contribution in [-0.2, 0) is 6.61 Å². The van der Waals surface area contributed by atoms with Crippen molar-refractivity contribution in [2.45, 2.75) is 44.8 Å². The van der Waals surface area contributed by atoms with Crippen molar-refractivity contribution in [3.63, 3.8) is 0 Å². The van der Waals surface area contributed by atoms with Crippen LogP contribution in [0.5, 0.6) is 11.5 Å². The average molecular weight is 325 g/mol. The van der Waals surface area contributed by atoms with Crippen LogP contribution in [0.1, 0.15) is 37.7 Å². The second-order valence-corrected chi connectivity index (χ2v) is 6.11. The first kappa shape index (κ1) is 16.4. The monoisotopic (exact) mass is 325 g/mol. The summed E-state index contributed by atoms with van der Waals surface area (Å²) in [6.07, 6.45) is 5.33. The fourth-order valence-corrected chi connectivity index (χ4v) is 2.89. The van der Waals surface area contributed by atoms with Crippen molar-refractivity contribution in [2.24, 2.45) is 0 Å². The summed E-state index contributed by atoms with van der Waals surface area (Å²) in [5, 5.41) is 2.94. The van der Waals surface area contributed by atoms with Gasteiger partial charge in [-0.15, -0.1) is 0 Å². The third-order valence-corrected chi connectivity index (χ3v) is 4.21. The zero-order chi connectivity index (χ0) is 16.6. The summed E-state index contributed by atoms with van der Waals surface area (Å²) in [5.74, 6) is 1.27. The fourth-order valence-electron chi connectivity index (χ4n) is 2.89. The van der Waals surface area contributed by atoms with Gasteiger partial charge in [0.2, 0.25) is 0 Å². The summed E-state index contributed by atoms with van der Waals surface area (Å²) in [5.41, 5.74) is 1.12. The highest BCUT2D eigenvalue weighted by Crippen LogP contribution is 2.20. The van der Waals surface area contributed by atoms with Crippen LogP contribution < -0.4 is 14.8 Å². The lowest BCUT2D eigenvalue weighted by Gasteiger charge is -2.22. The maximum Gasteiger partial charge on any atom is 0.412 e. The molecule has 1 aliphatic rings. The second-order valence-electron chi connectivity index (χ2n) is 6.11. The number of ether oxygens (including phenoxy) is 2. The topological polar surface area (TPSA) is 47.6 Å². The van der Waals surface area contributed by atoms with E-state index in [1.165, 1.54) is 19.3 Å². The summed E-state index contributed by atoms with van der Waals surface area (Å²) in [4.78, 5) is 11.9. The Hall–Kier alpha value is -2.49. The van der Waals surface area contributed by atoms with Gasteiger partial charge >= 0.3 is 6.09 Å². The summed E-state index contributed by atoms with van der Waals surface area (Å²) in [6.45, 7) is 0.517. The van der Waals surface area contributed by atoms with Gasteiger partial charge in [-0.25, -0.2) is 4.79 Å². The molecule has 1 fully saturated rings. The molecule has 0 aliphatic heterocycles. The Labute approximate surface area is 142 Å². The van der Waals surface area contributed by atoms with Crippen LogP contribution >= 0.6 is 0 Å². The number of rotatable bonds is 5. The molecule has 24 heavy (non-hydrogen) atoms. The summed E-state index contributed by atoms with van der Waals surface area (Å²) < 4.78 is 11.0. The third kappa shape index (κ3) is 5.01. The highest BCUT2D eigenvalue weighted by molar-refractivity contribution is 5.70. The molecule has 4 heteroatoms. The molecule has 1 aliphatic carbocycles. The Kier molecular flexibility index (Phi) is 5.72. The number of hydrogen-bond donors (Lipinski definition) is 1. The van der Waals surface area contributed by atoms with Crippen LogP contribution in [0.3, 0.4) is 0 Å². The molecule has 2 aromatic carbocycles. The quantitative estimate of drug-likeness (QED) is 0.868. The summed E-state index contributed by atoms with van der Waals surface area (Å²) in [7, 11) is 0. The van der Waals surface area contributed by atoms with Gasteiger partial charge in [0, 0.05) is 6.04 Å². The molecule has 0 radical (unpaired) electrons. The van der Waals surface area contributed by atoms with Crippen LogP contribution in [0.15, 0.2) is 54.6 Å². The minimum Gasteiger partial charge on any atom is -0.489 e. The van der Waals surface area contributed by atoms with Crippen LogP contribution in [0.2, 0.25) is 0 Å². The second kappa shape index (κ2) is 8.39. The molecule has 1 saturated carbocycles. The van der Waals surface area contributed by atoms with E-state index < -0.39 is 0 Å². The first-order chi connectivity index (χ1) is 11.8. The lowest BCUT2D eigenvalue weighted by atomic mass is 9.96. The Bertz CT molecular complexity index is 634. The number of carbonyl (C=O) groups is 1. The molecule has 0 spiro atoms. The third-order valence-electron chi connectivity index (χ3n) is 4.21. The molecule has 0 heterocycles. The van der Waals surface area contributed by atoms with Crippen molar-refractivity contribution in [3.05, 3.63) is 60.2 Å². The van der Waals surface area contributed by atoms with Crippen LogP contribution in [-0.4, -0.2) is 12.1 Å². The molecule has 126 valence electrons. The molecular weight excluding hydrogens is 302 g/mol. The fraction of sp³-hybridized carbons (Fsp3) is 0.350. The zero-order valence-corrected chi connectivity index (χ0v) is 13.7. The highest BCUT2D eigenvalue weighted by Gasteiger charge is 2.16. The lowest BCUT2D eigenvalue weighted by Crippen LogP contribution is -2.37. The summed E-state index contributed by atoms with van der Waals surface area (Å²) in [6, 6.07) is 17.4. The Morgan fingerprint density at radius 1 is 0.917 bits per heavy atom. The molecule has 1 amide bonds. The van der Waals surface area contributed by atoms with E-state index in [0.717, 1.165) is 24.2 Å². The van der Waals surface area contributed by atoms with Crippen LogP contribution in [0, 0.1) is 0 Å². The van der Waals surface area contributed by atoms with Gasteiger partial charge in [-0.05, 0) is 42.7 Å². The van der Waals surface area contributed by atoms with E-state index >= 15 is 0 Å². The van der Waals surface area contributed by atoms with Crippen molar-refractivity contribution in [3.8, 4) is 11.5 Å². The molecule has 0 atom stereocenters. The summed E-state index contributed by atoms with van der Waals surface area (Å²) >= 11 is 0. The predicted octanol–water partition coefficient (Wildman–Crippen LogP) is 4.69. The molecule has 0 bridgehead atoms. The van der Waals surface area contributed by atoms with E-state index in [0.29, 0.717) is 12.4 Å². The van der Waals surface area contributed by atoms with E-state index in [1.807, 2.05) is 42.5 Å². The molecule has 0 unspecified atom stereocenters. The molecule has 1 N–H and O–H groups in total. The number of hydrogen-bond acceptors (Lipinski definition) is 3. The Morgan fingerprint density at radius 2 is 1.58 bits per heavy atom. The smallest absolute Gasteiger partial charge is 0.412 e.